The van der Waals surface area contributed by atoms with Gasteiger partial charge in [-0.05, 0) is 63.8 Å². The molecule has 3 aliphatic carbocycles. The van der Waals surface area contributed by atoms with Crippen molar-refractivity contribution < 1.29 is 0 Å². The number of nitrogens with zero attached hydrogens (tertiary/aromatic N) is 1. The Labute approximate surface area is 182 Å². The fourth-order valence-electron chi connectivity index (χ4n) is 4.72. The molecule has 0 heterocycles. The summed E-state index contributed by atoms with van der Waals surface area (Å²) in [5, 5.41) is 2.12. The van der Waals surface area contributed by atoms with E-state index in [4.69, 9.17) is 0 Å². The average Bonchev–Trinajstić information content (AvgIpc) is 2.84. The van der Waals surface area contributed by atoms with E-state index in [0.717, 1.165) is 11.4 Å². The Morgan fingerprint density at radius 1 is 0.710 bits per heavy atom. The van der Waals surface area contributed by atoms with E-state index in [1.807, 2.05) is 12.1 Å². The van der Waals surface area contributed by atoms with Crippen molar-refractivity contribution in [2.45, 2.75) is 5.92 Å². The van der Waals surface area contributed by atoms with Gasteiger partial charge >= 0.3 is 0 Å². The van der Waals surface area contributed by atoms with Gasteiger partial charge in [0, 0.05) is 12.1 Å². The van der Waals surface area contributed by atoms with E-state index in [2.05, 4.69) is 120 Å². The van der Waals surface area contributed by atoms with Crippen LogP contribution in [0.3, 0.4) is 0 Å². The van der Waals surface area contributed by atoms with Crippen LogP contribution < -0.4 is 10.4 Å². The van der Waals surface area contributed by atoms with Crippen LogP contribution in [0.5, 0.6) is 0 Å². The van der Waals surface area contributed by atoms with Crippen LogP contribution in [0.15, 0.2) is 127 Å². The van der Waals surface area contributed by atoms with Crippen LogP contribution in [0.2, 0.25) is 0 Å². The smallest absolute Gasteiger partial charge is 0.0630 e. The number of rotatable bonds is 4. The molecule has 0 amide bonds. The zero-order valence-electron chi connectivity index (χ0n) is 17.1. The molecule has 31 heavy (non-hydrogen) atoms. The third-order valence-electron chi connectivity index (χ3n) is 6.14. The summed E-state index contributed by atoms with van der Waals surface area (Å²) in [5.74, 6) is 0.345. The first-order valence-corrected chi connectivity index (χ1v) is 10.7. The van der Waals surface area contributed by atoms with Gasteiger partial charge in [-0.15, -0.1) is 0 Å². The summed E-state index contributed by atoms with van der Waals surface area (Å²) >= 11 is 0. The SMILES string of the molecule is C1=CC2=CC(=CNN(c3ccccc3)c3ccccc3)c3cccc4c3C2C(=C1)C=C4. The Kier molecular flexibility index (Phi) is 4.21. The van der Waals surface area contributed by atoms with E-state index in [0.29, 0.717) is 5.92 Å². The zero-order valence-corrected chi connectivity index (χ0v) is 17.1. The number of hydrazine groups is 1. The number of anilines is 2. The van der Waals surface area contributed by atoms with E-state index in [-0.39, 0.29) is 0 Å². The van der Waals surface area contributed by atoms with Gasteiger partial charge in [-0.2, -0.15) is 0 Å². The number of para-hydroxylation sites is 2. The Morgan fingerprint density at radius 2 is 1.45 bits per heavy atom. The lowest BCUT2D eigenvalue weighted by molar-refractivity contribution is 0.884. The normalized spacial score (nSPS) is 18.8. The molecule has 0 spiro atoms. The van der Waals surface area contributed by atoms with Crippen molar-refractivity contribution in [3.63, 3.8) is 0 Å². The van der Waals surface area contributed by atoms with Crippen LogP contribution in [0, 0.1) is 0 Å². The van der Waals surface area contributed by atoms with Gasteiger partial charge in [-0.3, -0.25) is 5.01 Å². The lowest BCUT2D eigenvalue weighted by atomic mass is 9.70. The fourth-order valence-corrected chi connectivity index (χ4v) is 4.72. The van der Waals surface area contributed by atoms with Gasteiger partial charge in [0.2, 0.25) is 0 Å². The Hall–Kier alpha value is -4.04. The van der Waals surface area contributed by atoms with Crippen molar-refractivity contribution in [3.8, 4) is 0 Å². The van der Waals surface area contributed by atoms with Crippen LogP contribution in [0.4, 0.5) is 11.4 Å². The Bertz CT molecular complexity index is 1250. The molecule has 1 N–H and O–H groups in total. The molecule has 0 bridgehead atoms. The number of hydrogen-bond donors (Lipinski definition) is 1. The molecule has 2 nitrogen and oxygen atoms in total. The van der Waals surface area contributed by atoms with Crippen molar-refractivity contribution in [1.82, 2.24) is 5.43 Å². The Morgan fingerprint density at radius 3 is 2.19 bits per heavy atom. The van der Waals surface area contributed by atoms with Crippen molar-refractivity contribution in [2.75, 3.05) is 5.01 Å². The van der Waals surface area contributed by atoms with Crippen LogP contribution in [0.25, 0.3) is 11.6 Å². The van der Waals surface area contributed by atoms with Gasteiger partial charge < -0.3 is 5.43 Å². The maximum absolute atomic E-state index is 3.58. The standard InChI is InChI=1S/C29H22N2/c1-3-12-25(13-4-1)31(26-14-5-2-6-15-26)30-20-24-19-23-11-7-9-21-17-18-22-10-8-16-27(24)29(22)28(21)23/h1-20,28,30H. The fraction of sp³-hybridized carbons (Fsp3) is 0.0345. The van der Waals surface area contributed by atoms with E-state index in [9.17, 15) is 0 Å². The second kappa shape index (κ2) is 7.33. The van der Waals surface area contributed by atoms with Gasteiger partial charge in [-0.1, -0.05) is 85.0 Å². The summed E-state index contributed by atoms with van der Waals surface area (Å²) in [5.41, 5.74) is 13.7. The Balaban J connectivity index is 1.45. The summed E-state index contributed by atoms with van der Waals surface area (Å²) in [6, 6.07) is 27.4. The molecule has 0 saturated heterocycles. The lowest BCUT2D eigenvalue weighted by Gasteiger charge is -2.34. The van der Waals surface area contributed by atoms with Crippen molar-refractivity contribution in [3.05, 3.63) is 143 Å². The predicted octanol–water partition coefficient (Wildman–Crippen LogP) is 6.92. The summed E-state index contributed by atoms with van der Waals surface area (Å²) in [7, 11) is 0. The molecule has 1 unspecified atom stereocenters. The minimum absolute atomic E-state index is 0.345. The van der Waals surface area contributed by atoms with Gasteiger partial charge in [-0.25, -0.2) is 0 Å². The second-order valence-corrected chi connectivity index (χ2v) is 7.98. The summed E-state index contributed by atoms with van der Waals surface area (Å²) in [4.78, 5) is 0. The third-order valence-corrected chi connectivity index (χ3v) is 6.14. The van der Waals surface area contributed by atoms with Crippen molar-refractivity contribution >= 4 is 23.0 Å². The molecule has 0 aliphatic heterocycles. The number of benzene rings is 3. The molecule has 1 atom stereocenters. The molecule has 2 heteroatoms. The highest BCUT2D eigenvalue weighted by molar-refractivity contribution is 5.87. The monoisotopic (exact) mass is 398 g/mol. The highest BCUT2D eigenvalue weighted by Gasteiger charge is 2.31. The van der Waals surface area contributed by atoms with E-state index in [1.54, 1.807) is 0 Å². The molecule has 6 rings (SSSR count). The van der Waals surface area contributed by atoms with Gasteiger partial charge in [0.25, 0.3) is 0 Å². The summed E-state index contributed by atoms with van der Waals surface area (Å²) in [6.45, 7) is 0. The number of hydrogen-bond acceptors (Lipinski definition) is 2. The highest BCUT2D eigenvalue weighted by Crippen LogP contribution is 2.48. The van der Waals surface area contributed by atoms with Crippen molar-refractivity contribution in [2.24, 2.45) is 0 Å². The minimum atomic E-state index is 0.345. The molecule has 0 fully saturated rings. The minimum Gasteiger partial charge on any atom is -0.300 e. The molecule has 0 saturated carbocycles. The van der Waals surface area contributed by atoms with Crippen LogP contribution in [0.1, 0.15) is 22.6 Å². The number of allylic oxidation sites excluding steroid dienone is 8. The van der Waals surface area contributed by atoms with Gasteiger partial charge in [0.15, 0.2) is 0 Å². The highest BCUT2D eigenvalue weighted by atomic mass is 15.5. The lowest BCUT2D eigenvalue weighted by Crippen LogP contribution is -2.29. The van der Waals surface area contributed by atoms with Crippen LogP contribution >= 0.6 is 0 Å². The molecule has 0 radical (unpaired) electrons. The first kappa shape index (κ1) is 17.8. The van der Waals surface area contributed by atoms with Crippen molar-refractivity contribution in [1.29, 1.82) is 0 Å². The topological polar surface area (TPSA) is 15.3 Å². The first-order valence-electron chi connectivity index (χ1n) is 10.7. The van der Waals surface area contributed by atoms with Gasteiger partial charge in [0.05, 0.1) is 11.4 Å². The molecule has 3 aliphatic rings. The van der Waals surface area contributed by atoms with Crippen LogP contribution in [-0.4, -0.2) is 0 Å². The quantitative estimate of drug-likeness (QED) is 0.480. The maximum Gasteiger partial charge on any atom is 0.0630 e. The molecular formula is C29H22N2. The average molecular weight is 399 g/mol. The molecule has 3 aromatic rings. The van der Waals surface area contributed by atoms with Gasteiger partial charge in [0.1, 0.15) is 0 Å². The largest absolute Gasteiger partial charge is 0.300 e. The second-order valence-electron chi connectivity index (χ2n) is 7.98. The summed E-state index contributed by atoms with van der Waals surface area (Å²) in [6.07, 6.45) is 15.6. The summed E-state index contributed by atoms with van der Waals surface area (Å²) < 4.78 is 0. The predicted molar refractivity (Wildman–Crippen MR) is 130 cm³/mol. The molecule has 3 aromatic carbocycles. The molecule has 0 aromatic heterocycles. The van der Waals surface area contributed by atoms with E-state index in [1.165, 1.54) is 33.4 Å². The molecule has 148 valence electrons. The maximum atomic E-state index is 3.58. The van der Waals surface area contributed by atoms with Crippen LogP contribution in [-0.2, 0) is 0 Å². The van der Waals surface area contributed by atoms with E-state index < -0.39 is 0 Å². The zero-order chi connectivity index (χ0) is 20.6. The molecular weight excluding hydrogens is 376 g/mol. The third kappa shape index (κ3) is 3.04. The van der Waals surface area contributed by atoms with E-state index >= 15 is 0 Å². The first-order chi connectivity index (χ1) is 15.4. The number of nitrogens with one attached hydrogen (secondary N) is 1.